The Hall–Kier alpha value is -0.650. The van der Waals surface area contributed by atoms with E-state index >= 15 is 0 Å². The second-order valence-electron chi connectivity index (χ2n) is 3.60. The van der Waals surface area contributed by atoms with Crippen LogP contribution in [0.4, 0.5) is 0 Å². The lowest BCUT2D eigenvalue weighted by atomic mass is 10.2. The van der Waals surface area contributed by atoms with Crippen molar-refractivity contribution in [3.63, 3.8) is 0 Å². The molecule has 0 fully saturated rings. The molecule has 0 aliphatic heterocycles. The zero-order valence-corrected chi connectivity index (χ0v) is 11.4. The summed E-state index contributed by atoms with van der Waals surface area (Å²) in [4.78, 5) is 8.64. The number of H-pyrrole nitrogens is 1. The van der Waals surface area contributed by atoms with Gasteiger partial charge in [-0.2, -0.15) is 0 Å². The first-order valence-corrected chi connectivity index (χ1v) is 6.83. The van der Waals surface area contributed by atoms with Gasteiger partial charge in [-0.3, -0.25) is 0 Å². The van der Waals surface area contributed by atoms with E-state index in [1.54, 1.807) is 17.5 Å². The van der Waals surface area contributed by atoms with Gasteiger partial charge in [0.1, 0.15) is 5.82 Å². The van der Waals surface area contributed by atoms with Crippen LogP contribution in [0.2, 0.25) is 0 Å². The Labute approximate surface area is 107 Å². The molecule has 0 aliphatic carbocycles. The van der Waals surface area contributed by atoms with E-state index in [0.29, 0.717) is 6.04 Å². The number of imidazole rings is 1. The molecule has 3 nitrogen and oxygen atoms in total. The van der Waals surface area contributed by atoms with E-state index in [1.165, 1.54) is 8.66 Å². The Morgan fingerprint density at radius 3 is 3.06 bits per heavy atom. The molecular weight excluding hydrogens is 286 g/mol. The molecule has 16 heavy (non-hydrogen) atoms. The van der Waals surface area contributed by atoms with Crippen molar-refractivity contribution >= 4 is 27.3 Å². The molecule has 1 atom stereocenters. The van der Waals surface area contributed by atoms with Crippen molar-refractivity contribution in [2.75, 3.05) is 6.54 Å². The fourth-order valence-corrected chi connectivity index (χ4v) is 2.95. The maximum atomic E-state index is 4.19. The maximum Gasteiger partial charge on any atom is 0.107 e. The van der Waals surface area contributed by atoms with Crippen molar-refractivity contribution in [1.82, 2.24) is 15.3 Å². The predicted octanol–water partition coefficient (Wildman–Crippen LogP) is 3.13. The fourth-order valence-electron chi connectivity index (χ4n) is 1.50. The van der Waals surface area contributed by atoms with Gasteiger partial charge < -0.3 is 10.3 Å². The van der Waals surface area contributed by atoms with Gasteiger partial charge in [0.05, 0.1) is 3.79 Å². The Kier molecular flexibility index (Phi) is 4.15. The molecule has 0 aromatic carbocycles. The molecule has 0 radical (unpaired) electrons. The van der Waals surface area contributed by atoms with Crippen molar-refractivity contribution in [2.24, 2.45) is 0 Å². The van der Waals surface area contributed by atoms with Crippen LogP contribution < -0.4 is 5.32 Å². The van der Waals surface area contributed by atoms with Crippen LogP contribution in [0.15, 0.2) is 28.3 Å². The van der Waals surface area contributed by atoms with Crippen molar-refractivity contribution in [3.05, 3.63) is 39.0 Å². The second-order valence-corrected chi connectivity index (χ2v) is 6.10. The van der Waals surface area contributed by atoms with E-state index in [0.717, 1.165) is 18.8 Å². The molecular formula is C11H14BrN3S. The normalized spacial score (nSPS) is 12.9. The lowest BCUT2D eigenvalue weighted by Gasteiger charge is -2.10. The summed E-state index contributed by atoms with van der Waals surface area (Å²) < 4.78 is 1.18. The number of hydrogen-bond acceptors (Lipinski definition) is 3. The molecule has 0 amide bonds. The van der Waals surface area contributed by atoms with E-state index in [2.05, 4.69) is 50.3 Å². The molecule has 2 N–H and O–H groups in total. The van der Waals surface area contributed by atoms with Gasteiger partial charge in [0.15, 0.2) is 0 Å². The summed E-state index contributed by atoms with van der Waals surface area (Å²) in [6.45, 7) is 3.12. The van der Waals surface area contributed by atoms with Crippen LogP contribution in [-0.2, 0) is 6.42 Å². The summed E-state index contributed by atoms with van der Waals surface area (Å²) >= 11 is 5.25. The van der Waals surface area contributed by atoms with E-state index in [9.17, 15) is 0 Å². The SMILES string of the molecule is CC(NCCc1ncc[nH]1)c1ccc(Br)s1. The maximum absolute atomic E-state index is 4.19. The van der Waals surface area contributed by atoms with Crippen LogP contribution in [0.25, 0.3) is 0 Å². The van der Waals surface area contributed by atoms with Crippen LogP contribution in [0.5, 0.6) is 0 Å². The standard InChI is InChI=1S/C11H14BrN3S/c1-8(9-2-3-10(12)16-9)13-5-4-11-14-6-7-15-11/h2-3,6-8,13H,4-5H2,1H3,(H,14,15). The molecule has 0 saturated heterocycles. The topological polar surface area (TPSA) is 40.7 Å². The monoisotopic (exact) mass is 299 g/mol. The Balaban J connectivity index is 1.78. The van der Waals surface area contributed by atoms with E-state index in [4.69, 9.17) is 0 Å². The van der Waals surface area contributed by atoms with Crippen molar-refractivity contribution in [3.8, 4) is 0 Å². The van der Waals surface area contributed by atoms with Gasteiger partial charge in [0.2, 0.25) is 0 Å². The summed E-state index contributed by atoms with van der Waals surface area (Å²) in [5, 5.41) is 3.48. The molecule has 0 saturated carbocycles. The third-order valence-corrected chi connectivity index (χ3v) is 4.19. The third kappa shape index (κ3) is 3.17. The van der Waals surface area contributed by atoms with E-state index < -0.39 is 0 Å². The van der Waals surface area contributed by atoms with Gasteiger partial charge in [-0.15, -0.1) is 11.3 Å². The highest BCUT2D eigenvalue weighted by atomic mass is 79.9. The van der Waals surface area contributed by atoms with Gasteiger partial charge in [-0.1, -0.05) is 0 Å². The minimum Gasteiger partial charge on any atom is -0.349 e. The molecule has 0 spiro atoms. The van der Waals surface area contributed by atoms with Crippen LogP contribution in [0.3, 0.4) is 0 Å². The van der Waals surface area contributed by atoms with E-state index in [-0.39, 0.29) is 0 Å². The highest BCUT2D eigenvalue weighted by Crippen LogP contribution is 2.26. The van der Waals surface area contributed by atoms with Gasteiger partial charge in [0.25, 0.3) is 0 Å². The quantitative estimate of drug-likeness (QED) is 0.890. The summed E-state index contributed by atoms with van der Waals surface area (Å²) in [5.74, 6) is 1.03. The second kappa shape index (κ2) is 5.61. The largest absolute Gasteiger partial charge is 0.349 e. The number of aromatic amines is 1. The van der Waals surface area contributed by atoms with Crippen molar-refractivity contribution in [1.29, 1.82) is 0 Å². The highest BCUT2D eigenvalue weighted by Gasteiger charge is 2.07. The fraction of sp³-hybridized carbons (Fsp3) is 0.364. The van der Waals surface area contributed by atoms with Crippen LogP contribution >= 0.6 is 27.3 Å². The van der Waals surface area contributed by atoms with Crippen LogP contribution in [0.1, 0.15) is 23.7 Å². The van der Waals surface area contributed by atoms with Gasteiger partial charge >= 0.3 is 0 Å². The van der Waals surface area contributed by atoms with Crippen molar-refractivity contribution < 1.29 is 0 Å². The van der Waals surface area contributed by atoms with Gasteiger partial charge in [0, 0.05) is 36.3 Å². The molecule has 0 aliphatic rings. The first-order valence-electron chi connectivity index (χ1n) is 5.22. The summed E-state index contributed by atoms with van der Waals surface area (Å²) in [5.41, 5.74) is 0. The highest BCUT2D eigenvalue weighted by molar-refractivity contribution is 9.11. The Morgan fingerprint density at radius 1 is 1.56 bits per heavy atom. The minimum absolute atomic E-state index is 0.395. The molecule has 5 heteroatoms. The lowest BCUT2D eigenvalue weighted by molar-refractivity contribution is 0.579. The number of nitrogens with zero attached hydrogens (tertiary/aromatic N) is 1. The van der Waals surface area contributed by atoms with E-state index in [1.807, 2.05) is 6.20 Å². The number of aromatic nitrogens is 2. The molecule has 2 aromatic rings. The average Bonchev–Trinajstić information content (AvgIpc) is 2.89. The smallest absolute Gasteiger partial charge is 0.107 e. The molecule has 2 aromatic heterocycles. The van der Waals surface area contributed by atoms with Crippen LogP contribution in [0, 0.1) is 0 Å². The first kappa shape index (κ1) is 11.8. The average molecular weight is 300 g/mol. The first-order chi connectivity index (χ1) is 7.75. The minimum atomic E-state index is 0.395. The number of halogens is 1. The lowest BCUT2D eigenvalue weighted by Crippen LogP contribution is -2.20. The Bertz CT molecular complexity index is 424. The molecule has 1 unspecified atom stereocenters. The summed E-state index contributed by atoms with van der Waals surface area (Å²) in [7, 11) is 0. The molecule has 2 rings (SSSR count). The Morgan fingerprint density at radius 2 is 2.44 bits per heavy atom. The van der Waals surface area contributed by atoms with Crippen LogP contribution in [-0.4, -0.2) is 16.5 Å². The molecule has 0 bridgehead atoms. The summed E-state index contributed by atoms with van der Waals surface area (Å²) in [6.07, 6.45) is 4.58. The number of thiophene rings is 1. The zero-order valence-electron chi connectivity index (χ0n) is 9.03. The number of nitrogens with one attached hydrogen (secondary N) is 2. The number of hydrogen-bond donors (Lipinski definition) is 2. The zero-order chi connectivity index (χ0) is 11.4. The summed E-state index contributed by atoms with van der Waals surface area (Å²) in [6, 6.07) is 4.63. The third-order valence-electron chi connectivity index (χ3n) is 2.39. The van der Waals surface area contributed by atoms with Gasteiger partial charge in [-0.25, -0.2) is 4.98 Å². The molecule has 2 heterocycles. The van der Waals surface area contributed by atoms with Crippen molar-refractivity contribution in [2.45, 2.75) is 19.4 Å². The molecule has 86 valence electrons. The predicted molar refractivity (Wildman–Crippen MR) is 70.7 cm³/mol. The van der Waals surface area contributed by atoms with Gasteiger partial charge in [-0.05, 0) is 35.0 Å². The number of rotatable bonds is 5.